The van der Waals surface area contributed by atoms with Crippen molar-refractivity contribution in [1.82, 2.24) is 19.6 Å². The van der Waals surface area contributed by atoms with Crippen molar-refractivity contribution in [3.8, 4) is 0 Å². The summed E-state index contributed by atoms with van der Waals surface area (Å²) in [6.45, 7) is 7.97. The highest BCUT2D eigenvalue weighted by Gasteiger charge is 2.35. The van der Waals surface area contributed by atoms with Crippen LogP contribution in [0.1, 0.15) is 11.3 Å². The molecule has 2 aromatic rings. The minimum absolute atomic E-state index is 0.860. The third-order valence-corrected chi connectivity index (χ3v) is 4.50. The van der Waals surface area contributed by atoms with E-state index in [1.807, 2.05) is 0 Å². The first-order valence-corrected chi connectivity index (χ1v) is 7.15. The molecule has 0 amide bonds. The number of fused-ring (bicyclic) bond motifs is 2. The van der Waals surface area contributed by atoms with Crippen molar-refractivity contribution in [2.45, 2.75) is 13.5 Å². The number of aryl methyl sites for hydroxylation is 1. The van der Waals surface area contributed by atoms with E-state index >= 15 is 0 Å². The monoisotopic (exact) mass is 256 g/mol. The normalized spacial score (nSPS) is 27.2. The summed E-state index contributed by atoms with van der Waals surface area (Å²) in [5.74, 6) is 1.72. The quantitative estimate of drug-likeness (QED) is 0.879. The molecule has 2 aromatic heterocycles. The highest BCUT2D eigenvalue weighted by atomic mass is 15.2. The van der Waals surface area contributed by atoms with Crippen molar-refractivity contribution < 1.29 is 0 Å². The van der Waals surface area contributed by atoms with Gasteiger partial charge in [0, 0.05) is 32.0 Å². The zero-order chi connectivity index (χ0) is 12.8. The summed E-state index contributed by atoms with van der Waals surface area (Å²) in [6.07, 6.45) is 4.32. The molecule has 4 nitrogen and oxygen atoms in total. The number of likely N-dealkylation sites (tertiary alicyclic amines) is 1. The molecule has 2 saturated heterocycles. The molecule has 2 aliphatic heterocycles. The van der Waals surface area contributed by atoms with Crippen LogP contribution in [-0.4, -0.2) is 40.5 Å². The molecule has 2 aliphatic rings. The summed E-state index contributed by atoms with van der Waals surface area (Å²) in [5, 5.41) is 3.49. The number of aromatic nitrogens is 2. The predicted molar refractivity (Wildman–Crippen MR) is 75.1 cm³/mol. The molecule has 100 valence electrons. The summed E-state index contributed by atoms with van der Waals surface area (Å²) in [7, 11) is 0. The maximum atomic E-state index is 4.72. The number of pyridine rings is 1. The fourth-order valence-electron chi connectivity index (χ4n) is 3.54. The van der Waals surface area contributed by atoms with E-state index in [0.29, 0.717) is 0 Å². The molecule has 4 heteroatoms. The molecule has 0 aromatic carbocycles. The van der Waals surface area contributed by atoms with Crippen molar-refractivity contribution in [3.05, 3.63) is 35.8 Å². The van der Waals surface area contributed by atoms with Gasteiger partial charge in [-0.1, -0.05) is 6.07 Å². The number of imidazole rings is 1. The van der Waals surface area contributed by atoms with E-state index < -0.39 is 0 Å². The molecule has 0 unspecified atom stereocenters. The second-order valence-electron chi connectivity index (χ2n) is 6.08. The lowest BCUT2D eigenvalue weighted by Gasteiger charge is -2.14. The Balaban J connectivity index is 1.52. The van der Waals surface area contributed by atoms with Crippen molar-refractivity contribution in [2.24, 2.45) is 11.8 Å². The predicted octanol–water partition coefficient (Wildman–Crippen LogP) is 1.29. The van der Waals surface area contributed by atoms with Crippen LogP contribution in [-0.2, 0) is 6.54 Å². The molecule has 1 N–H and O–H groups in total. The van der Waals surface area contributed by atoms with Gasteiger partial charge >= 0.3 is 0 Å². The lowest BCUT2D eigenvalue weighted by molar-refractivity contribution is 0.302. The van der Waals surface area contributed by atoms with Crippen LogP contribution >= 0.6 is 0 Å². The number of hydrogen-bond donors (Lipinski definition) is 1. The van der Waals surface area contributed by atoms with Gasteiger partial charge in [0.25, 0.3) is 0 Å². The first-order chi connectivity index (χ1) is 9.28. The number of hydrogen-bond acceptors (Lipinski definition) is 3. The van der Waals surface area contributed by atoms with Crippen molar-refractivity contribution >= 4 is 5.65 Å². The molecule has 0 aliphatic carbocycles. The second kappa shape index (κ2) is 4.32. The minimum Gasteiger partial charge on any atom is -0.316 e. The molecule has 4 heterocycles. The fraction of sp³-hybridized carbons (Fsp3) is 0.533. The molecule has 0 radical (unpaired) electrons. The van der Waals surface area contributed by atoms with Gasteiger partial charge in [-0.15, -0.1) is 0 Å². The van der Waals surface area contributed by atoms with Gasteiger partial charge in [0.05, 0.1) is 5.69 Å². The number of nitrogens with one attached hydrogen (secondary N) is 1. The van der Waals surface area contributed by atoms with Gasteiger partial charge in [0.15, 0.2) is 0 Å². The molecule has 0 spiro atoms. The molecule has 2 fully saturated rings. The Morgan fingerprint density at radius 3 is 2.79 bits per heavy atom. The highest BCUT2D eigenvalue weighted by molar-refractivity contribution is 5.41. The molecule has 0 bridgehead atoms. The van der Waals surface area contributed by atoms with Crippen LogP contribution in [0.4, 0.5) is 0 Å². The van der Waals surface area contributed by atoms with Gasteiger partial charge in [-0.25, -0.2) is 4.98 Å². The smallest absolute Gasteiger partial charge is 0.137 e. The molecule has 2 atom stereocenters. The molecule has 4 rings (SSSR count). The van der Waals surface area contributed by atoms with E-state index in [-0.39, 0.29) is 0 Å². The third kappa shape index (κ3) is 2.05. The van der Waals surface area contributed by atoms with Gasteiger partial charge in [-0.2, -0.15) is 0 Å². The zero-order valence-corrected chi connectivity index (χ0v) is 11.3. The van der Waals surface area contributed by atoms with Crippen LogP contribution in [0.5, 0.6) is 0 Å². The van der Waals surface area contributed by atoms with E-state index in [2.05, 4.69) is 46.1 Å². The summed E-state index contributed by atoms with van der Waals surface area (Å²) in [6, 6.07) is 4.22. The highest BCUT2D eigenvalue weighted by Crippen LogP contribution is 2.27. The maximum absolute atomic E-state index is 4.72. The van der Waals surface area contributed by atoms with Gasteiger partial charge in [0.2, 0.25) is 0 Å². The fourth-order valence-corrected chi connectivity index (χ4v) is 3.54. The Kier molecular flexibility index (Phi) is 2.60. The Morgan fingerprint density at radius 2 is 2.00 bits per heavy atom. The van der Waals surface area contributed by atoms with Gasteiger partial charge < -0.3 is 9.72 Å². The van der Waals surface area contributed by atoms with Crippen molar-refractivity contribution in [1.29, 1.82) is 0 Å². The third-order valence-electron chi connectivity index (χ3n) is 4.50. The van der Waals surface area contributed by atoms with Gasteiger partial charge in [-0.05, 0) is 43.5 Å². The summed E-state index contributed by atoms with van der Waals surface area (Å²) in [5.41, 5.74) is 3.53. The molecular weight excluding hydrogens is 236 g/mol. The molecule has 0 saturated carbocycles. The Hall–Kier alpha value is -1.39. The topological polar surface area (TPSA) is 32.6 Å². The van der Waals surface area contributed by atoms with E-state index in [0.717, 1.165) is 24.0 Å². The first-order valence-electron chi connectivity index (χ1n) is 7.15. The lowest BCUT2D eigenvalue weighted by atomic mass is 10.0. The van der Waals surface area contributed by atoms with Crippen LogP contribution in [0, 0.1) is 18.8 Å². The molecular formula is C15H20N4. The van der Waals surface area contributed by atoms with Gasteiger partial charge in [0.1, 0.15) is 5.65 Å². The van der Waals surface area contributed by atoms with Crippen LogP contribution in [0.15, 0.2) is 24.5 Å². The van der Waals surface area contributed by atoms with Crippen molar-refractivity contribution in [2.75, 3.05) is 26.2 Å². The Labute approximate surface area is 113 Å². The van der Waals surface area contributed by atoms with Crippen LogP contribution < -0.4 is 5.32 Å². The van der Waals surface area contributed by atoms with E-state index in [9.17, 15) is 0 Å². The summed E-state index contributed by atoms with van der Waals surface area (Å²) < 4.78 is 2.14. The average molecular weight is 256 g/mol. The van der Waals surface area contributed by atoms with Crippen LogP contribution in [0.3, 0.4) is 0 Å². The van der Waals surface area contributed by atoms with Crippen LogP contribution in [0.25, 0.3) is 5.65 Å². The van der Waals surface area contributed by atoms with E-state index in [1.165, 1.54) is 37.4 Å². The average Bonchev–Trinajstić information content (AvgIpc) is 3.01. The molecule has 19 heavy (non-hydrogen) atoms. The van der Waals surface area contributed by atoms with Gasteiger partial charge in [-0.3, -0.25) is 4.90 Å². The second-order valence-corrected chi connectivity index (χ2v) is 6.08. The largest absolute Gasteiger partial charge is 0.316 e. The minimum atomic E-state index is 0.860. The maximum Gasteiger partial charge on any atom is 0.137 e. The Morgan fingerprint density at radius 1 is 1.21 bits per heavy atom. The SMILES string of the molecule is Cc1ccc2nc(CN3C[C@H]4CNC[C@H]4C3)cn2c1. The standard InChI is InChI=1S/C15H20N4/c1-11-2-3-15-17-14(10-19(15)6-11)9-18-7-12-4-16-5-13(12)8-18/h2-3,6,10,12-13,16H,4-5,7-9H2,1H3/t12-,13+. The summed E-state index contributed by atoms with van der Waals surface area (Å²) in [4.78, 5) is 7.28. The van der Waals surface area contributed by atoms with E-state index in [1.54, 1.807) is 0 Å². The number of nitrogens with zero attached hydrogens (tertiary/aromatic N) is 3. The van der Waals surface area contributed by atoms with Crippen LogP contribution in [0.2, 0.25) is 0 Å². The van der Waals surface area contributed by atoms with Crippen molar-refractivity contribution in [3.63, 3.8) is 0 Å². The van der Waals surface area contributed by atoms with E-state index in [4.69, 9.17) is 4.98 Å². The zero-order valence-electron chi connectivity index (χ0n) is 11.3. The first kappa shape index (κ1) is 11.4. The summed E-state index contributed by atoms with van der Waals surface area (Å²) >= 11 is 0. The Bertz CT molecular complexity index is 591. The number of rotatable bonds is 2. The lowest BCUT2D eigenvalue weighted by Crippen LogP contribution is -2.25.